The van der Waals surface area contributed by atoms with E-state index in [0.717, 1.165) is 17.0 Å². The van der Waals surface area contributed by atoms with Gasteiger partial charge in [0.05, 0.1) is 12.1 Å². The number of aryl methyl sites for hydroxylation is 1. The van der Waals surface area contributed by atoms with Gasteiger partial charge in [0.2, 0.25) is 0 Å². The summed E-state index contributed by atoms with van der Waals surface area (Å²) in [6, 6.07) is 0. The molecule has 0 radical (unpaired) electrons. The molecule has 0 spiro atoms. The predicted molar refractivity (Wildman–Crippen MR) is 48.8 cm³/mol. The molecule has 0 saturated carbocycles. The van der Waals surface area contributed by atoms with Crippen LogP contribution in [0.1, 0.15) is 36.7 Å². The highest BCUT2D eigenvalue weighted by molar-refractivity contribution is 5.71. The average molecular weight is 182 g/mol. The Labute approximate surface area is 77.0 Å². The van der Waals surface area contributed by atoms with Gasteiger partial charge in [-0.25, -0.2) is 0 Å². The summed E-state index contributed by atoms with van der Waals surface area (Å²) in [5, 5.41) is 15.6. The lowest BCUT2D eigenvalue weighted by Crippen LogP contribution is -2.04. The summed E-state index contributed by atoms with van der Waals surface area (Å²) in [7, 11) is 0. The third kappa shape index (κ3) is 2.08. The fraction of sp³-hybridized carbons (Fsp3) is 0.556. The molecular formula is C9H14N2O2. The maximum atomic E-state index is 10.6. The van der Waals surface area contributed by atoms with Crippen molar-refractivity contribution in [2.75, 3.05) is 0 Å². The molecule has 0 aliphatic heterocycles. The monoisotopic (exact) mass is 182 g/mol. The fourth-order valence-corrected chi connectivity index (χ4v) is 1.32. The van der Waals surface area contributed by atoms with E-state index in [-0.39, 0.29) is 12.3 Å². The lowest BCUT2D eigenvalue weighted by Gasteiger charge is -2.03. The summed E-state index contributed by atoms with van der Waals surface area (Å²) < 4.78 is 0. The molecular weight excluding hydrogens is 168 g/mol. The predicted octanol–water partition coefficient (Wildman–Crippen LogP) is 1.47. The molecule has 0 aliphatic carbocycles. The molecule has 13 heavy (non-hydrogen) atoms. The molecule has 0 fully saturated rings. The van der Waals surface area contributed by atoms with E-state index < -0.39 is 5.97 Å². The van der Waals surface area contributed by atoms with Gasteiger partial charge < -0.3 is 5.11 Å². The topological polar surface area (TPSA) is 66.0 Å². The van der Waals surface area contributed by atoms with Gasteiger partial charge in [-0.05, 0) is 12.8 Å². The summed E-state index contributed by atoms with van der Waals surface area (Å²) in [6.07, 6.45) is 0.0514. The standard InChI is InChI=1S/C9H14N2O2/c1-5(2)9-7(4-8(12)13)6(3)10-11-9/h5H,4H2,1-3H3,(H,10,11)(H,12,13). The summed E-state index contributed by atoms with van der Waals surface area (Å²) >= 11 is 0. The highest BCUT2D eigenvalue weighted by atomic mass is 16.4. The number of carbonyl (C=O) groups is 1. The number of H-pyrrole nitrogens is 1. The lowest BCUT2D eigenvalue weighted by atomic mass is 10.0. The Hall–Kier alpha value is -1.32. The van der Waals surface area contributed by atoms with Gasteiger partial charge in [-0.1, -0.05) is 13.8 Å². The number of carboxylic acid groups (broad SMARTS) is 1. The third-order valence-corrected chi connectivity index (χ3v) is 1.98. The molecule has 2 N–H and O–H groups in total. The van der Waals surface area contributed by atoms with E-state index in [1.807, 2.05) is 20.8 Å². The van der Waals surface area contributed by atoms with Gasteiger partial charge in [0.25, 0.3) is 0 Å². The Morgan fingerprint density at radius 1 is 1.62 bits per heavy atom. The molecule has 72 valence electrons. The molecule has 0 atom stereocenters. The molecule has 4 heteroatoms. The Kier molecular flexibility index (Phi) is 2.70. The highest BCUT2D eigenvalue weighted by Crippen LogP contribution is 2.19. The Morgan fingerprint density at radius 2 is 2.23 bits per heavy atom. The van der Waals surface area contributed by atoms with Crippen LogP contribution < -0.4 is 0 Å². The van der Waals surface area contributed by atoms with Crippen LogP contribution in [0, 0.1) is 6.92 Å². The van der Waals surface area contributed by atoms with Crippen molar-refractivity contribution in [3.63, 3.8) is 0 Å². The van der Waals surface area contributed by atoms with Crippen LogP contribution in [-0.4, -0.2) is 21.3 Å². The van der Waals surface area contributed by atoms with Crippen molar-refractivity contribution in [2.45, 2.75) is 33.1 Å². The first-order chi connectivity index (χ1) is 6.02. The summed E-state index contributed by atoms with van der Waals surface area (Å²) in [5.41, 5.74) is 2.54. The lowest BCUT2D eigenvalue weighted by molar-refractivity contribution is -0.136. The second kappa shape index (κ2) is 3.60. The van der Waals surface area contributed by atoms with E-state index in [4.69, 9.17) is 5.11 Å². The Morgan fingerprint density at radius 3 is 2.69 bits per heavy atom. The van der Waals surface area contributed by atoms with E-state index in [2.05, 4.69) is 10.2 Å². The van der Waals surface area contributed by atoms with Crippen molar-refractivity contribution in [2.24, 2.45) is 0 Å². The van der Waals surface area contributed by atoms with Crippen LogP contribution in [0.4, 0.5) is 0 Å². The fourth-order valence-electron chi connectivity index (χ4n) is 1.32. The first-order valence-corrected chi connectivity index (χ1v) is 4.28. The first kappa shape index (κ1) is 9.77. The molecule has 0 aromatic carbocycles. The van der Waals surface area contributed by atoms with E-state index >= 15 is 0 Å². The van der Waals surface area contributed by atoms with Gasteiger partial charge in [0, 0.05) is 11.3 Å². The summed E-state index contributed by atoms with van der Waals surface area (Å²) in [5.74, 6) is -0.550. The van der Waals surface area contributed by atoms with Crippen molar-refractivity contribution < 1.29 is 9.90 Å². The van der Waals surface area contributed by atoms with Gasteiger partial charge >= 0.3 is 5.97 Å². The van der Waals surface area contributed by atoms with Crippen molar-refractivity contribution in [3.8, 4) is 0 Å². The third-order valence-electron chi connectivity index (χ3n) is 1.98. The number of rotatable bonds is 3. The highest BCUT2D eigenvalue weighted by Gasteiger charge is 2.15. The first-order valence-electron chi connectivity index (χ1n) is 4.28. The number of hydrogen-bond donors (Lipinski definition) is 2. The van der Waals surface area contributed by atoms with Gasteiger partial charge in [0.15, 0.2) is 0 Å². The van der Waals surface area contributed by atoms with Crippen molar-refractivity contribution >= 4 is 5.97 Å². The number of nitrogens with one attached hydrogen (secondary N) is 1. The summed E-state index contributed by atoms with van der Waals surface area (Å²) in [6.45, 7) is 5.85. The van der Waals surface area contributed by atoms with Crippen LogP contribution in [-0.2, 0) is 11.2 Å². The van der Waals surface area contributed by atoms with Gasteiger partial charge in [-0.15, -0.1) is 0 Å². The minimum atomic E-state index is -0.814. The largest absolute Gasteiger partial charge is 0.481 e. The molecule has 4 nitrogen and oxygen atoms in total. The van der Waals surface area contributed by atoms with Gasteiger partial charge in [0.1, 0.15) is 0 Å². The molecule has 0 aliphatic rings. The van der Waals surface area contributed by atoms with Crippen LogP contribution >= 0.6 is 0 Å². The minimum Gasteiger partial charge on any atom is -0.481 e. The Bertz CT molecular complexity index is 315. The normalized spacial score (nSPS) is 10.8. The molecule has 0 saturated heterocycles. The number of aromatic amines is 1. The molecule has 0 bridgehead atoms. The number of aromatic nitrogens is 2. The van der Waals surface area contributed by atoms with E-state index in [1.165, 1.54) is 0 Å². The molecule has 0 amide bonds. The molecule has 0 unspecified atom stereocenters. The zero-order valence-electron chi connectivity index (χ0n) is 8.09. The van der Waals surface area contributed by atoms with Crippen LogP contribution in [0.25, 0.3) is 0 Å². The van der Waals surface area contributed by atoms with E-state index in [1.54, 1.807) is 0 Å². The molecule has 1 rings (SSSR count). The SMILES string of the molecule is Cc1[nH]nc(C(C)C)c1CC(=O)O. The number of nitrogens with zero attached hydrogens (tertiary/aromatic N) is 1. The van der Waals surface area contributed by atoms with Gasteiger partial charge in [-0.2, -0.15) is 5.10 Å². The number of carboxylic acids is 1. The second-order valence-electron chi connectivity index (χ2n) is 3.44. The van der Waals surface area contributed by atoms with E-state index in [9.17, 15) is 4.79 Å². The zero-order valence-corrected chi connectivity index (χ0v) is 8.09. The van der Waals surface area contributed by atoms with Crippen molar-refractivity contribution in [1.29, 1.82) is 0 Å². The second-order valence-corrected chi connectivity index (χ2v) is 3.44. The van der Waals surface area contributed by atoms with Crippen LogP contribution in [0.3, 0.4) is 0 Å². The molecule has 1 heterocycles. The smallest absolute Gasteiger partial charge is 0.307 e. The number of hydrogen-bond acceptors (Lipinski definition) is 2. The van der Waals surface area contributed by atoms with E-state index in [0.29, 0.717) is 0 Å². The minimum absolute atomic E-state index is 0.0514. The zero-order chi connectivity index (χ0) is 10.0. The van der Waals surface area contributed by atoms with Crippen LogP contribution in [0.15, 0.2) is 0 Å². The molecule has 1 aromatic heterocycles. The number of aliphatic carboxylic acids is 1. The van der Waals surface area contributed by atoms with Crippen molar-refractivity contribution in [1.82, 2.24) is 10.2 Å². The average Bonchev–Trinajstić information content (AvgIpc) is 2.32. The van der Waals surface area contributed by atoms with Crippen LogP contribution in [0.2, 0.25) is 0 Å². The van der Waals surface area contributed by atoms with Gasteiger partial charge in [-0.3, -0.25) is 9.89 Å². The van der Waals surface area contributed by atoms with Crippen molar-refractivity contribution in [3.05, 3.63) is 17.0 Å². The maximum Gasteiger partial charge on any atom is 0.307 e. The summed E-state index contributed by atoms with van der Waals surface area (Å²) in [4.78, 5) is 10.6. The quantitative estimate of drug-likeness (QED) is 0.743. The van der Waals surface area contributed by atoms with Crippen LogP contribution in [0.5, 0.6) is 0 Å². The maximum absolute atomic E-state index is 10.6. The Balaban J connectivity index is 3.01. The molecule has 1 aromatic rings.